The number of nitrogens with two attached hydrogens (primary N) is 1. The Hall–Kier alpha value is -1.95. The van der Waals surface area contributed by atoms with Crippen molar-refractivity contribution in [2.24, 2.45) is 5.73 Å². The monoisotopic (exact) mass is 266 g/mol. The maximum Gasteiger partial charge on any atom is 0.323 e. The van der Waals surface area contributed by atoms with Crippen molar-refractivity contribution in [2.45, 2.75) is 38.8 Å². The van der Waals surface area contributed by atoms with Gasteiger partial charge < -0.3 is 10.5 Å². The highest BCUT2D eigenvalue weighted by molar-refractivity contribution is 5.75. The van der Waals surface area contributed by atoms with Gasteiger partial charge in [0, 0.05) is 12.1 Å². The van der Waals surface area contributed by atoms with E-state index in [1.165, 1.54) is 12.1 Å². The zero-order valence-electron chi connectivity index (χ0n) is 10.9. The summed E-state index contributed by atoms with van der Waals surface area (Å²) in [6, 6.07) is 5.27. The fourth-order valence-corrected chi connectivity index (χ4v) is 1.52. The first-order valence-corrected chi connectivity index (χ1v) is 6.20. The minimum Gasteiger partial charge on any atom is -0.460 e. The molecule has 19 heavy (non-hydrogen) atoms. The number of ether oxygens (including phenoxy) is 1. The third-order valence-corrected chi connectivity index (χ3v) is 2.70. The average Bonchev–Trinajstić information content (AvgIpc) is 2.42. The summed E-state index contributed by atoms with van der Waals surface area (Å²) in [6.45, 7) is 2.10. The number of unbranched alkanes of at least 4 members (excludes halogenated alkanes) is 1. The van der Waals surface area contributed by atoms with Gasteiger partial charge in [0.25, 0.3) is 5.69 Å². The van der Waals surface area contributed by atoms with Crippen LogP contribution >= 0.6 is 0 Å². The first-order valence-electron chi connectivity index (χ1n) is 6.20. The summed E-state index contributed by atoms with van der Waals surface area (Å²) in [5, 5.41) is 10.5. The first-order chi connectivity index (χ1) is 9.04. The topological polar surface area (TPSA) is 95.5 Å². The van der Waals surface area contributed by atoms with Crippen LogP contribution < -0.4 is 5.73 Å². The van der Waals surface area contributed by atoms with Gasteiger partial charge in [-0.3, -0.25) is 14.9 Å². The van der Waals surface area contributed by atoms with Gasteiger partial charge in [-0.1, -0.05) is 19.8 Å². The number of hydrogen-bond acceptors (Lipinski definition) is 5. The van der Waals surface area contributed by atoms with Crippen molar-refractivity contribution >= 4 is 11.7 Å². The minimum absolute atomic E-state index is 0.00900. The Morgan fingerprint density at radius 3 is 2.58 bits per heavy atom. The molecule has 0 unspecified atom stereocenters. The van der Waals surface area contributed by atoms with E-state index in [2.05, 4.69) is 0 Å². The number of carbonyl (C=O) groups excluding carboxylic acids is 1. The van der Waals surface area contributed by atoms with Gasteiger partial charge in [0.1, 0.15) is 12.6 Å². The second-order valence-electron chi connectivity index (χ2n) is 4.28. The van der Waals surface area contributed by atoms with Gasteiger partial charge in [-0.25, -0.2) is 0 Å². The molecule has 6 heteroatoms. The van der Waals surface area contributed by atoms with Crippen molar-refractivity contribution in [1.29, 1.82) is 0 Å². The minimum atomic E-state index is -0.599. The largest absolute Gasteiger partial charge is 0.460 e. The van der Waals surface area contributed by atoms with E-state index in [1.54, 1.807) is 12.1 Å². The molecule has 6 nitrogen and oxygen atoms in total. The lowest BCUT2D eigenvalue weighted by molar-refractivity contribution is -0.384. The molecule has 2 N–H and O–H groups in total. The molecule has 0 aliphatic rings. The number of benzene rings is 1. The summed E-state index contributed by atoms with van der Waals surface area (Å²) in [7, 11) is 0. The smallest absolute Gasteiger partial charge is 0.323 e. The molecule has 0 amide bonds. The van der Waals surface area contributed by atoms with Crippen LogP contribution in [0.4, 0.5) is 5.69 Å². The fourth-order valence-electron chi connectivity index (χ4n) is 1.52. The lowest BCUT2D eigenvalue weighted by Crippen LogP contribution is -2.32. The maximum absolute atomic E-state index is 11.5. The number of esters is 1. The predicted molar refractivity (Wildman–Crippen MR) is 70.4 cm³/mol. The summed E-state index contributed by atoms with van der Waals surface area (Å²) in [4.78, 5) is 21.5. The molecule has 104 valence electrons. The number of nitrogens with zero attached hydrogens (tertiary/aromatic N) is 1. The molecule has 0 aliphatic heterocycles. The molecule has 0 aliphatic carbocycles. The first kappa shape index (κ1) is 15.1. The van der Waals surface area contributed by atoms with Gasteiger partial charge in [-0.15, -0.1) is 0 Å². The lowest BCUT2D eigenvalue weighted by Gasteiger charge is -2.10. The number of carbonyl (C=O) groups is 1. The van der Waals surface area contributed by atoms with Gasteiger partial charge in [0.2, 0.25) is 0 Å². The highest BCUT2D eigenvalue weighted by Gasteiger charge is 2.14. The highest BCUT2D eigenvalue weighted by atomic mass is 16.6. The van der Waals surface area contributed by atoms with Gasteiger partial charge in [0.05, 0.1) is 4.92 Å². The molecule has 1 atom stereocenters. The normalized spacial score (nSPS) is 11.9. The van der Waals surface area contributed by atoms with E-state index < -0.39 is 16.9 Å². The maximum atomic E-state index is 11.5. The lowest BCUT2D eigenvalue weighted by atomic mass is 10.1. The second-order valence-corrected chi connectivity index (χ2v) is 4.28. The quantitative estimate of drug-likeness (QED) is 0.463. The molecular formula is C13H18N2O4. The molecule has 0 bridgehead atoms. The summed E-state index contributed by atoms with van der Waals surface area (Å²) < 4.78 is 5.05. The third kappa shape index (κ3) is 5.05. The Balaban J connectivity index is 2.43. The molecule has 0 spiro atoms. The molecule has 0 heterocycles. The Bertz CT molecular complexity index is 431. The third-order valence-electron chi connectivity index (χ3n) is 2.70. The zero-order chi connectivity index (χ0) is 14.3. The Kier molecular flexibility index (Phi) is 5.95. The van der Waals surface area contributed by atoms with Crippen LogP contribution in [-0.2, 0) is 16.1 Å². The Labute approximate surface area is 111 Å². The van der Waals surface area contributed by atoms with Crippen molar-refractivity contribution in [3.8, 4) is 0 Å². The van der Waals surface area contributed by atoms with E-state index in [1.807, 2.05) is 6.92 Å². The van der Waals surface area contributed by atoms with Crippen LogP contribution in [-0.4, -0.2) is 16.9 Å². The molecule has 1 rings (SSSR count). The summed E-state index contributed by atoms with van der Waals surface area (Å²) >= 11 is 0. The van der Waals surface area contributed by atoms with Crippen LogP contribution in [0, 0.1) is 10.1 Å². The molecule has 0 radical (unpaired) electrons. The number of nitro benzene ring substituents is 1. The van der Waals surface area contributed by atoms with Crippen molar-refractivity contribution in [3.63, 3.8) is 0 Å². The fraction of sp³-hybridized carbons (Fsp3) is 0.462. The highest BCUT2D eigenvalue weighted by Crippen LogP contribution is 2.13. The molecule has 1 aromatic rings. The van der Waals surface area contributed by atoms with E-state index in [0.717, 1.165) is 12.8 Å². The molecular weight excluding hydrogens is 248 g/mol. The average molecular weight is 266 g/mol. The molecule has 1 aromatic carbocycles. The number of rotatable bonds is 7. The van der Waals surface area contributed by atoms with E-state index >= 15 is 0 Å². The summed E-state index contributed by atoms with van der Waals surface area (Å²) in [5.74, 6) is -0.438. The van der Waals surface area contributed by atoms with Gasteiger partial charge >= 0.3 is 5.97 Å². The van der Waals surface area contributed by atoms with E-state index in [9.17, 15) is 14.9 Å². The zero-order valence-corrected chi connectivity index (χ0v) is 10.9. The van der Waals surface area contributed by atoms with Crippen LogP contribution in [0.1, 0.15) is 31.7 Å². The number of hydrogen-bond donors (Lipinski definition) is 1. The van der Waals surface area contributed by atoms with Crippen LogP contribution in [0.5, 0.6) is 0 Å². The molecule has 0 saturated heterocycles. The predicted octanol–water partition coefficient (Wildman–Crippen LogP) is 2.16. The van der Waals surface area contributed by atoms with Crippen LogP contribution in [0.2, 0.25) is 0 Å². The Morgan fingerprint density at radius 2 is 2.05 bits per heavy atom. The van der Waals surface area contributed by atoms with Crippen molar-refractivity contribution < 1.29 is 14.5 Å². The summed E-state index contributed by atoms with van der Waals surface area (Å²) in [5.41, 5.74) is 6.37. The Morgan fingerprint density at radius 1 is 1.42 bits per heavy atom. The van der Waals surface area contributed by atoms with Crippen molar-refractivity contribution in [1.82, 2.24) is 0 Å². The van der Waals surface area contributed by atoms with Crippen molar-refractivity contribution in [2.75, 3.05) is 0 Å². The van der Waals surface area contributed by atoms with E-state index in [-0.39, 0.29) is 12.3 Å². The van der Waals surface area contributed by atoms with Gasteiger partial charge in [-0.2, -0.15) is 0 Å². The molecule has 0 fully saturated rings. The molecule has 0 aromatic heterocycles. The standard InChI is InChI=1S/C13H18N2O4/c1-2-3-4-12(14)13(16)19-9-10-5-7-11(8-6-10)15(17)18/h5-8,12H,2-4,9,14H2,1H3/t12-/m1/s1. The van der Waals surface area contributed by atoms with E-state index in [4.69, 9.17) is 10.5 Å². The summed E-state index contributed by atoms with van der Waals surface area (Å²) in [6.07, 6.45) is 2.47. The van der Waals surface area contributed by atoms with E-state index in [0.29, 0.717) is 12.0 Å². The molecule has 0 saturated carbocycles. The van der Waals surface area contributed by atoms with Crippen LogP contribution in [0.15, 0.2) is 24.3 Å². The van der Waals surface area contributed by atoms with Gasteiger partial charge in [0.15, 0.2) is 0 Å². The van der Waals surface area contributed by atoms with Crippen LogP contribution in [0.25, 0.3) is 0 Å². The van der Waals surface area contributed by atoms with Crippen molar-refractivity contribution in [3.05, 3.63) is 39.9 Å². The number of non-ortho nitro benzene ring substituents is 1. The second kappa shape index (κ2) is 7.48. The SMILES string of the molecule is CCCC[C@@H](N)C(=O)OCc1ccc([N+](=O)[O-])cc1. The van der Waals surface area contributed by atoms with Gasteiger partial charge in [-0.05, 0) is 24.1 Å². The van der Waals surface area contributed by atoms with Crippen LogP contribution in [0.3, 0.4) is 0 Å². The number of nitro groups is 1.